The molecule has 0 spiro atoms. The highest BCUT2D eigenvalue weighted by atomic mass is 32.2. The van der Waals surface area contributed by atoms with Crippen molar-refractivity contribution in [1.29, 1.82) is 0 Å². The van der Waals surface area contributed by atoms with Gasteiger partial charge in [0.15, 0.2) is 0 Å². The van der Waals surface area contributed by atoms with E-state index in [9.17, 15) is 4.79 Å². The average Bonchev–Trinajstić information content (AvgIpc) is 2.60. The van der Waals surface area contributed by atoms with Gasteiger partial charge in [0, 0.05) is 11.4 Å². The van der Waals surface area contributed by atoms with Crippen molar-refractivity contribution in [3.8, 4) is 0 Å². The van der Waals surface area contributed by atoms with E-state index in [2.05, 4.69) is 36.5 Å². The summed E-state index contributed by atoms with van der Waals surface area (Å²) in [6.45, 7) is 4.15. The molecule has 0 aliphatic heterocycles. The smallest absolute Gasteiger partial charge is 0.237 e. The summed E-state index contributed by atoms with van der Waals surface area (Å²) in [5, 5.41) is 2.93. The molecule has 1 N–H and O–H groups in total. The minimum absolute atomic E-state index is 0.0623. The van der Waals surface area contributed by atoms with Crippen LogP contribution in [0.2, 0.25) is 0 Å². The highest BCUT2D eigenvalue weighted by molar-refractivity contribution is 7.99. The number of hydrogen-bond donors (Lipinski definition) is 1. The lowest BCUT2D eigenvalue weighted by molar-refractivity contribution is -0.115. The molecule has 1 atom stereocenters. The van der Waals surface area contributed by atoms with Crippen LogP contribution in [-0.2, 0) is 17.0 Å². The van der Waals surface area contributed by atoms with Crippen LogP contribution in [0.25, 0.3) is 0 Å². The van der Waals surface area contributed by atoms with Crippen LogP contribution in [0.3, 0.4) is 0 Å². The number of anilines is 1. The van der Waals surface area contributed by atoms with Crippen LogP contribution in [-0.4, -0.2) is 11.2 Å². The first kappa shape index (κ1) is 17.6. The number of nitrogens with one attached hydrogen (secondary N) is 1. The Morgan fingerprint density at radius 1 is 1.04 bits per heavy atom. The highest BCUT2D eigenvalue weighted by Gasteiger charge is 2.13. The zero-order valence-electron chi connectivity index (χ0n) is 13.9. The largest absolute Gasteiger partial charge is 0.325 e. The van der Waals surface area contributed by atoms with Gasteiger partial charge >= 0.3 is 0 Å². The normalized spacial score (nSPS) is 11.9. The summed E-state index contributed by atoms with van der Waals surface area (Å²) in [5.74, 6) is 0.915. The van der Waals surface area contributed by atoms with Crippen LogP contribution >= 0.6 is 11.8 Å². The van der Waals surface area contributed by atoms with Crippen molar-refractivity contribution in [2.75, 3.05) is 5.32 Å². The van der Waals surface area contributed by atoms with Crippen molar-refractivity contribution in [1.82, 2.24) is 0 Å². The number of amides is 1. The summed E-state index contributed by atoms with van der Waals surface area (Å²) in [6.07, 6.45) is 3.52. The number of benzene rings is 2. The fourth-order valence-corrected chi connectivity index (χ4v) is 3.10. The van der Waals surface area contributed by atoms with Crippen LogP contribution in [0.15, 0.2) is 54.6 Å². The van der Waals surface area contributed by atoms with Gasteiger partial charge in [-0.1, -0.05) is 55.8 Å². The van der Waals surface area contributed by atoms with Gasteiger partial charge in [0.25, 0.3) is 0 Å². The number of unbranched alkanes of at least 4 members (excludes halogenated alkanes) is 1. The van der Waals surface area contributed by atoms with Crippen LogP contribution < -0.4 is 5.32 Å². The fraction of sp³-hybridized carbons (Fsp3) is 0.350. The molecule has 0 aliphatic rings. The van der Waals surface area contributed by atoms with Gasteiger partial charge in [0.05, 0.1) is 5.25 Å². The number of carbonyl (C=O) groups excluding carboxylic acids is 1. The first-order valence-electron chi connectivity index (χ1n) is 8.24. The average molecular weight is 327 g/mol. The molecule has 0 aliphatic carbocycles. The van der Waals surface area contributed by atoms with E-state index in [4.69, 9.17) is 0 Å². The molecule has 0 saturated carbocycles. The third-order valence-corrected chi connectivity index (χ3v) is 4.97. The maximum atomic E-state index is 12.3. The number of thioether (sulfide) groups is 1. The third-order valence-electron chi connectivity index (χ3n) is 3.75. The van der Waals surface area contributed by atoms with E-state index in [0.717, 1.165) is 17.9 Å². The van der Waals surface area contributed by atoms with E-state index in [1.807, 2.05) is 37.3 Å². The molecule has 0 saturated heterocycles. The molecular weight excluding hydrogens is 302 g/mol. The van der Waals surface area contributed by atoms with Crippen LogP contribution in [0.5, 0.6) is 0 Å². The quantitative estimate of drug-likeness (QED) is 0.714. The molecule has 3 heteroatoms. The van der Waals surface area contributed by atoms with Gasteiger partial charge in [-0.2, -0.15) is 0 Å². The summed E-state index contributed by atoms with van der Waals surface area (Å²) in [7, 11) is 0. The molecule has 0 bridgehead atoms. The summed E-state index contributed by atoms with van der Waals surface area (Å²) in [6, 6.07) is 18.4. The van der Waals surface area contributed by atoms with Crippen molar-refractivity contribution < 1.29 is 4.79 Å². The molecule has 2 aromatic rings. The summed E-state index contributed by atoms with van der Waals surface area (Å²) < 4.78 is 0. The summed E-state index contributed by atoms with van der Waals surface area (Å²) in [4.78, 5) is 12.3. The van der Waals surface area contributed by atoms with Gasteiger partial charge in [-0.25, -0.2) is 0 Å². The standard InChI is InChI=1S/C20H25NOS/c1-3-4-8-17-11-13-19(14-12-17)21-20(22)16(2)23-15-18-9-6-5-7-10-18/h5-7,9-14,16H,3-4,8,15H2,1-2H3,(H,21,22). The summed E-state index contributed by atoms with van der Waals surface area (Å²) >= 11 is 1.66. The monoisotopic (exact) mass is 327 g/mol. The van der Waals surface area contributed by atoms with Gasteiger partial charge in [-0.05, 0) is 43.0 Å². The van der Waals surface area contributed by atoms with E-state index in [-0.39, 0.29) is 11.2 Å². The number of hydrogen-bond acceptors (Lipinski definition) is 2. The first-order chi connectivity index (χ1) is 11.2. The zero-order chi connectivity index (χ0) is 16.5. The minimum Gasteiger partial charge on any atom is -0.325 e. The van der Waals surface area contributed by atoms with Crippen LogP contribution in [0, 0.1) is 0 Å². The van der Waals surface area contributed by atoms with E-state index in [1.54, 1.807) is 11.8 Å². The van der Waals surface area contributed by atoms with E-state index in [0.29, 0.717) is 0 Å². The number of aryl methyl sites for hydroxylation is 1. The Morgan fingerprint density at radius 3 is 2.39 bits per heavy atom. The molecule has 1 amide bonds. The lowest BCUT2D eigenvalue weighted by Crippen LogP contribution is -2.22. The van der Waals surface area contributed by atoms with Crippen LogP contribution in [0.4, 0.5) is 5.69 Å². The molecule has 0 radical (unpaired) electrons. The third kappa shape index (κ3) is 6.11. The molecule has 2 nitrogen and oxygen atoms in total. The van der Waals surface area contributed by atoms with E-state index < -0.39 is 0 Å². The van der Waals surface area contributed by atoms with Crippen molar-refractivity contribution in [3.05, 3.63) is 65.7 Å². The number of rotatable bonds is 8. The predicted octanol–water partition coefficient (Wildman–Crippen LogP) is 5.29. The molecule has 2 rings (SSSR count). The van der Waals surface area contributed by atoms with Crippen molar-refractivity contribution in [3.63, 3.8) is 0 Å². The second-order valence-electron chi connectivity index (χ2n) is 5.73. The van der Waals surface area contributed by atoms with Crippen molar-refractivity contribution >= 4 is 23.4 Å². The minimum atomic E-state index is -0.0741. The zero-order valence-corrected chi connectivity index (χ0v) is 14.7. The molecule has 0 aromatic heterocycles. The molecule has 2 aromatic carbocycles. The van der Waals surface area contributed by atoms with Gasteiger partial charge in [-0.15, -0.1) is 11.8 Å². The predicted molar refractivity (Wildman–Crippen MR) is 101 cm³/mol. The van der Waals surface area contributed by atoms with Gasteiger partial charge in [-0.3, -0.25) is 4.79 Å². The first-order valence-corrected chi connectivity index (χ1v) is 9.29. The van der Waals surface area contributed by atoms with E-state index >= 15 is 0 Å². The van der Waals surface area contributed by atoms with Crippen LogP contribution in [0.1, 0.15) is 37.8 Å². The Morgan fingerprint density at radius 2 is 1.74 bits per heavy atom. The van der Waals surface area contributed by atoms with E-state index in [1.165, 1.54) is 24.0 Å². The van der Waals surface area contributed by atoms with Crippen molar-refractivity contribution in [2.45, 2.75) is 44.1 Å². The molecule has 0 heterocycles. The van der Waals surface area contributed by atoms with Crippen molar-refractivity contribution in [2.24, 2.45) is 0 Å². The van der Waals surface area contributed by atoms with Gasteiger partial charge in [0.1, 0.15) is 0 Å². The second-order valence-corrected chi connectivity index (χ2v) is 7.06. The van der Waals surface area contributed by atoms with Gasteiger partial charge in [0.2, 0.25) is 5.91 Å². The molecule has 122 valence electrons. The maximum absolute atomic E-state index is 12.3. The number of carbonyl (C=O) groups is 1. The Labute approximate surface area is 143 Å². The lowest BCUT2D eigenvalue weighted by Gasteiger charge is -2.12. The Hall–Kier alpha value is -1.74. The lowest BCUT2D eigenvalue weighted by atomic mass is 10.1. The topological polar surface area (TPSA) is 29.1 Å². The maximum Gasteiger partial charge on any atom is 0.237 e. The Bertz CT molecular complexity index is 595. The molecule has 23 heavy (non-hydrogen) atoms. The molecule has 1 unspecified atom stereocenters. The highest BCUT2D eigenvalue weighted by Crippen LogP contribution is 2.19. The SMILES string of the molecule is CCCCc1ccc(NC(=O)C(C)SCc2ccccc2)cc1. The Kier molecular flexibility index (Phi) is 7.21. The summed E-state index contributed by atoms with van der Waals surface area (Å²) in [5.41, 5.74) is 3.45. The molecular formula is C20H25NOS. The fourth-order valence-electron chi connectivity index (χ4n) is 2.25. The van der Waals surface area contributed by atoms with Gasteiger partial charge < -0.3 is 5.32 Å². The second kappa shape index (κ2) is 9.41. The Balaban J connectivity index is 1.81. The molecule has 0 fully saturated rings.